The second-order valence-corrected chi connectivity index (χ2v) is 18.9. The molecular weight excluding hydrogens is 227 g/mol. The fourth-order valence-electron chi connectivity index (χ4n) is 1.91. The minimum absolute atomic E-state index is 1.39. The molecule has 0 heterocycles. The summed E-state index contributed by atoms with van der Waals surface area (Å²) in [7, 11) is 0. The normalized spacial score (nSPS) is 20.4. The van der Waals surface area contributed by atoms with Gasteiger partial charge >= 0.3 is 68.5 Å². The molecule has 0 fully saturated rings. The summed E-state index contributed by atoms with van der Waals surface area (Å²) < 4.78 is 1.91. The zero-order valence-corrected chi connectivity index (χ0v) is 10.5. The van der Waals surface area contributed by atoms with Crippen LogP contribution in [0.5, 0.6) is 0 Å². The number of allylic oxidation sites excluding steroid dienone is 2. The van der Waals surface area contributed by atoms with Gasteiger partial charge in [-0.2, -0.15) is 0 Å². The summed E-state index contributed by atoms with van der Waals surface area (Å²) in [6.07, 6.45) is 4.27. The Bertz CT molecular complexity index is 160. The van der Waals surface area contributed by atoms with Crippen molar-refractivity contribution < 1.29 is 0 Å². The average molecular weight is 245 g/mol. The van der Waals surface area contributed by atoms with Crippen molar-refractivity contribution >= 4 is 18.4 Å². The van der Waals surface area contributed by atoms with Crippen LogP contribution in [-0.4, -0.2) is 18.4 Å². The zero-order chi connectivity index (χ0) is 7.78. The number of hydrogen-bond acceptors (Lipinski definition) is 0. The van der Waals surface area contributed by atoms with Gasteiger partial charge in [0.25, 0.3) is 0 Å². The quantitative estimate of drug-likeness (QED) is 0.621. The Hall–Kier alpha value is 0.539. The van der Waals surface area contributed by atoms with Crippen molar-refractivity contribution in [1.29, 1.82) is 0 Å². The van der Waals surface area contributed by atoms with E-state index in [0.717, 1.165) is 0 Å². The molecule has 0 atom stereocenters. The van der Waals surface area contributed by atoms with E-state index in [1.54, 1.807) is 5.57 Å². The van der Waals surface area contributed by atoms with Crippen LogP contribution in [0.15, 0.2) is 9.16 Å². The van der Waals surface area contributed by atoms with E-state index in [-0.39, 0.29) is 0 Å². The fraction of sp³-hybridized carbons (Fsp3) is 0.778. The topological polar surface area (TPSA) is 0 Å². The molecule has 0 bridgehead atoms. The Morgan fingerprint density at radius 3 is 1.90 bits per heavy atom. The molecule has 10 heavy (non-hydrogen) atoms. The van der Waals surface area contributed by atoms with Gasteiger partial charge in [0, 0.05) is 0 Å². The van der Waals surface area contributed by atoms with E-state index in [0.29, 0.717) is 0 Å². The van der Waals surface area contributed by atoms with Gasteiger partial charge in [0.2, 0.25) is 0 Å². The van der Waals surface area contributed by atoms with Gasteiger partial charge in [-0.25, -0.2) is 0 Å². The van der Waals surface area contributed by atoms with E-state index in [4.69, 9.17) is 0 Å². The molecule has 0 N–H and O–H groups in total. The first-order valence-corrected chi connectivity index (χ1v) is 14.2. The van der Waals surface area contributed by atoms with E-state index < -0.39 is 18.4 Å². The van der Waals surface area contributed by atoms with E-state index in [9.17, 15) is 0 Å². The van der Waals surface area contributed by atoms with Crippen molar-refractivity contribution in [1.82, 2.24) is 0 Å². The van der Waals surface area contributed by atoms with Gasteiger partial charge in [0.15, 0.2) is 0 Å². The van der Waals surface area contributed by atoms with Crippen LogP contribution in [-0.2, 0) is 0 Å². The SMILES string of the molecule is CC1=[C]([Sn]([CH3])([CH3])[CH3])CCC1. The Labute approximate surface area is 68.6 Å². The van der Waals surface area contributed by atoms with Crippen LogP contribution < -0.4 is 0 Å². The molecule has 0 nitrogen and oxygen atoms in total. The predicted octanol–water partition coefficient (Wildman–Crippen LogP) is 3.36. The second kappa shape index (κ2) is 2.88. The number of rotatable bonds is 1. The van der Waals surface area contributed by atoms with Crippen LogP contribution in [0.25, 0.3) is 0 Å². The van der Waals surface area contributed by atoms with E-state index >= 15 is 0 Å². The van der Waals surface area contributed by atoms with E-state index in [2.05, 4.69) is 21.7 Å². The van der Waals surface area contributed by atoms with Gasteiger partial charge in [-0.3, -0.25) is 0 Å². The standard InChI is InChI=1S/C6H9.3CH3.Sn/c1-6-4-2-3-5-6;;;;/h2-4H2,1H3;3*1H3;. The van der Waals surface area contributed by atoms with Gasteiger partial charge in [0.05, 0.1) is 0 Å². The van der Waals surface area contributed by atoms with Gasteiger partial charge in [0.1, 0.15) is 0 Å². The van der Waals surface area contributed by atoms with Crippen LogP contribution in [0.2, 0.25) is 14.8 Å². The first kappa shape index (κ1) is 8.63. The van der Waals surface area contributed by atoms with Crippen molar-refractivity contribution in [2.75, 3.05) is 0 Å². The molecule has 0 aromatic heterocycles. The van der Waals surface area contributed by atoms with Gasteiger partial charge in [-0.1, -0.05) is 0 Å². The minimum atomic E-state index is -1.59. The first-order valence-electron chi connectivity index (χ1n) is 4.21. The molecule has 0 saturated heterocycles. The predicted molar refractivity (Wildman–Crippen MR) is 49.9 cm³/mol. The molecule has 1 aliphatic rings. The molecule has 1 aliphatic carbocycles. The third-order valence-corrected chi connectivity index (χ3v) is 9.50. The molecule has 0 radical (unpaired) electrons. The Balaban J connectivity index is 2.81. The van der Waals surface area contributed by atoms with Gasteiger partial charge < -0.3 is 0 Å². The molecule has 1 rings (SSSR count). The third kappa shape index (κ3) is 1.77. The molecule has 0 spiro atoms. The zero-order valence-electron chi connectivity index (χ0n) is 7.62. The molecule has 1 heteroatoms. The van der Waals surface area contributed by atoms with Gasteiger partial charge in [-0.15, -0.1) is 0 Å². The Morgan fingerprint density at radius 1 is 1.10 bits per heavy atom. The monoisotopic (exact) mass is 246 g/mol. The third-order valence-electron chi connectivity index (χ3n) is 2.40. The molecule has 0 aromatic carbocycles. The summed E-state index contributed by atoms with van der Waals surface area (Å²) >= 11 is -1.59. The molecule has 0 saturated carbocycles. The summed E-state index contributed by atoms with van der Waals surface area (Å²) in [6.45, 7) is 2.34. The maximum absolute atomic E-state index is 2.53. The molecule has 58 valence electrons. The number of hydrogen-bond donors (Lipinski definition) is 0. The van der Waals surface area contributed by atoms with Crippen LogP contribution >= 0.6 is 0 Å². The Morgan fingerprint density at radius 2 is 1.70 bits per heavy atom. The Kier molecular flexibility index (Phi) is 2.49. The fourth-order valence-corrected chi connectivity index (χ4v) is 8.57. The van der Waals surface area contributed by atoms with E-state index in [1.165, 1.54) is 19.3 Å². The summed E-state index contributed by atoms with van der Waals surface area (Å²) in [5, 5.41) is 0. The van der Waals surface area contributed by atoms with Crippen LogP contribution in [0, 0.1) is 0 Å². The maximum atomic E-state index is 2.53. The first-order chi connectivity index (χ1) is 4.52. The second-order valence-electron chi connectivity index (χ2n) is 4.36. The van der Waals surface area contributed by atoms with Crippen LogP contribution in [0.3, 0.4) is 0 Å². The van der Waals surface area contributed by atoms with Crippen molar-refractivity contribution in [2.24, 2.45) is 0 Å². The molecule has 0 unspecified atom stereocenters. The van der Waals surface area contributed by atoms with Crippen molar-refractivity contribution in [3.63, 3.8) is 0 Å². The van der Waals surface area contributed by atoms with Crippen LogP contribution in [0.4, 0.5) is 0 Å². The average Bonchev–Trinajstić information content (AvgIpc) is 2.11. The summed E-state index contributed by atoms with van der Waals surface area (Å²) in [6, 6.07) is 0. The van der Waals surface area contributed by atoms with E-state index in [1.807, 2.05) is 3.59 Å². The summed E-state index contributed by atoms with van der Waals surface area (Å²) in [4.78, 5) is 7.58. The van der Waals surface area contributed by atoms with Crippen molar-refractivity contribution in [3.8, 4) is 0 Å². The molecular formula is C9H18Sn. The van der Waals surface area contributed by atoms with Crippen LogP contribution in [0.1, 0.15) is 26.2 Å². The molecule has 0 aromatic rings. The summed E-state index contributed by atoms with van der Waals surface area (Å²) in [5.41, 5.74) is 1.74. The van der Waals surface area contributed by atoms with Crippen molar-refractivity contribution in [2.45, 2.75) is 41.0 Å². The summed E-state index contributed by atoms with van der Waals surface area (Å²) in [5.74, 6) is 0. The molecule has 0 aliphatic heterocycles. The molecule has 0 amide bonds. The van der Waals surface area contributed by atoms with Gasteiger partial charge in [-0.05, 0) is 0 Å². The van der Waals surface area contributed by atoms with Crippen molar-refractivity contribution in [3.05, 3.63) is 9.16 Å².